The Labute approximate surface area is 162 Å². The predicted octanol–water partition coefficient (Wildman–Crippen LogP) is 3.75. The molecule has 0 saturated carbocycles. The Morgan fingerprint density at radius 3 is 2.48 bits per heavy atom. The van der Waals surface area contributed by atoms with E-state index in [1.807, 2.05) is 6.92 Å². The largest absolute Gasteiger partial charge is 0.497 e. The fraction of sp³-hybridized carbons (Fsp3) is 0.222. The Morgan fingerprint density at radius 2 is 1.81 bits per heavy atom. The Bertz CT molecular complexity index is 1030. The average Bonchev–Trinajstić information content (AvgIpc) is 3.16. The topological polar surface area (TPSA) is 94.3 Å². The van der Waals surface area contributed by atoms with Gasteiger partial charge in [-0.2, -0.15) is 0 Å². The summed E-state index contributed by atoms with van der Waals surface area (Å²) in [6.45, 7) is 2.23. The van der Waals surface area contributed by atoms with Crippen LogP contribution < -0.4 is 9.46 Å². The lowest BCUT2D eigenvalue weighted by molar-refractivity contribution is 0.415. The lowest BCUT2D eigenvalue weighted by Gasteiger charge is -2.07. The molecule has 3 aromatic rings. The van der Waals surface area contributed by atoms with Crippen LogP contribution in [0.2, 0.25) is 5.02 Å². The molecule has 0 aliphatic carbocycles. The first-order valence-electron chi connectivity index (χ1n) is 8.22. The molecule has 7 nitrogen and oxygen atoms in total. The highest BCUT2D eigenvalue weighted by Crippen LogP contribution is 2.31. The summed E-state index contributed by atoms with van der Waals surface area (Å²) in [5.41, 5.74) is 1.06. The standard InChI is InChI=1S/C18H18ClN3O4S/c1-3-10-20-27(23,24)14-8-9-16(19)15(11-14)18-22-21-17(26-18)12-4-6-13(25-2)7-5-12/h4-9,11,20H,3,10H2,1-2H3. The molecule has 3 rings (SSSR count). The first-order valence-corrected chi connectivity index (χ1v) is 10.1. The second kappa shape index (κ2) is 8.08. The fourth-order valence-corrected chi connectivity index (χ4v) is 3.70. The van der Waals surface area contributed by atoms with E-state index in [1.54, 1.807) is 31.4 Å². The Hall–Kier alpha value is -2.42. The molecule has 1 heterocycles. The quantitative estimate of drug-likeness (QED) is 0.640. The van der Waals surface area contributed by atoms with Gasteiger partial charge in [-0.05, 0) is 48.9 Å². The molecule has 0 bridgehead atoms. The maximum absolute atomic E-state index is 12.3. The van der Waals surface area contributed by atoms with E-state index in [0.717, 1.165) is 0 Å². The fourth-order valence-electron chi connectivity index (χ4n) is 2.34. The zero-order valence-corrected chi connectivity index (χ0v) is 16.3. The van der Waals surface area contributed by atoms with E-state index in [0.29, 0.717) is 40.8 Å². The minimum absolute atomic E-state index is 0.0829. The van der Waals surface area contributed by atoms with E-state index in [2.05, 4.69) is 14.9 Å². The number of methoxy groups -OCH3 is 1. The summed E-state index contributed by atoms with van der Waals surface area (Å²) in [6, 6.07) is 11.5. The van der Waals surface area contributed by atoms with Crippen molar-refractivity contribution in [3.05, 3.63) is 47.5 Å². The van der Waals surface area contributed by atoms with Crippen molar-refractivity contribution >= 4 is 21.6 Å². The van der Waals surface area contributed by atoms with Gasteiger partial charge in [0.2, 0.25) is 21.8 Å². The molecule has 0 aliphatic rings. The third-order valence-corrected chi connectivity index (χ3v) is 5.57. The lowest BCUT2D eigenvalue weighted by atomic mass is 10.2. The van der Waals surface area contributed by atoms with Crippen LogP contribution in [-0.4, -0.2) is 32.3 Å². The summed E-state index contributed by atoms with van der Waals surface area (Å²) in [7, 11) is -2.05. The normalized spacial score (nSPS) is 11.5. The van der Waals surface area contributed by atoms with Crippen LogP contribution in [0.1, 0.15) is 13.3 Å². The van der Waals surface area contributed by atoms with Gasteiger partial charge in [-0.1, -0.05) is 18.5 Å². The molecule has 1 N–H and O–H groups in total. The number of hydrogen-bond acceptors (Lipinski definition) is 6. The molecule has 0 aliphatic heterocycles. The molecule has 0 saturated heterocycles. The third kappa shape index (κ3) is 4.29. The predicted molar refractivity (Wildman–Crippen MR) is 102 cm³/mol. The van der Waals surface area contributed by atoms with Crippen LogP contribution in [0.4, 0.5) is 0 Å². The van der Waals surface area contributed by atoms with Gasteiger partial charge in [-0.25, -0.2) is 13.1 Å². The van der Waals surface area contributed by atoms with Gasteiger partial charge in [-0.15, -0.1) is 10.2 Å². The number of hydrogen-bond donors (Lipinski definition) is 1. The number of sulfonamides is 1. The van der Waals surface area contributed by atoms with Crippen LogP contribution in [0, 0.1) is 0 Å². The molecule has 9 heteroatoms. The molecule has 0 fully saturated rings. The van der Waals surface area contributed by atoms with E-state index in [1.165, 1.54) is 18.2 Å². The number of benzene rings is 2. The van der Waals surface area contributed by atoms with Crippen molar-refractivity contribution in [3.63, 3.8) is 0 Å². The van der Waals surface area contributed by atoms with E-state index in [9.17, 15) is 8.42 Å². The molecule has 0 amide bonds. The van der Waals surface area contributed by atoms with E-state index in [-0.39, 0.29) is 10.8 Å². The molecule has 0 radical (unpaired) electrons. The SMILES string of the molecule is CCCNS(=O)(=O)c1ccc(Cl)c(-c2nnc(-c3ccc(OC)cc3)o2)c1. The second-order valence-electron chi connectivity index (χ2n) is 5.68. The van der Waals surface area contributed by atoms with Crippen molar-refractivity contribution < 1.29 is 17.6 Å². The van der Waals surface area contributed by atoms with Crippen LogP contribution in [0.15, 0.2) is 51.8 Å². The molecular formula is C18H18ClN3O4S. The Balaban J connectivity index is 1.94. The van der Waals surface area contributed by atoms with Crippen molar-refractivity contribution in [2.75, 3.05) is 13.7 Å². The van der Waals surface area contributed by atoms with Gasteiger partial charge in [-0.3, -0.25) is 0 Å². The first-order chi connectivity index (χ1) is 12.9. The summed E-state index contributed by atoms with van der Waals surface area (Å²) >= 11 is 6.22. The summed E-state index contributed by atoms with van der Waals surface area (Å²) in [4.78, 5) is 0.0829. The zero-order chi connectivity index (χ0) is 19.4. The van der Waals surface area contributed by atoms with Gasteiger partial charge < -0.3 is 9.15 Å². The molecule has 27 heavy (non-hydrogen) atoms. The van der Waals surface area contributed by atoms with Crippen LogP contribution in [0.3, 0.4) is 0 Å². The first kappa shape index (κ1) is 19.3. The lowest BCUT2D eigenvalue weighted by Crippen LogP contribution is -2.24. The van der Waals surface area contributed by atoms with Gasteiger partial charge in [0.1, 0.15) is 5.75 Å². The third-order valence-electron chi connectivity index (χ3n) is 3.78. The molecule has 0 atom stereocenters. The smallest absolute Gasteiger partial charge is 0.249 e. The Kier molecular flexibility index (Phi) is 5.79. The summed E-state index contributed by atoms with van der Waals surface area (Å²) in [6.07, 6.45) is 0.689. The van der Waals surface area contributed by atoms with Gasteiger partial charge in [0.25, 0.3) is 0 Å². The number of ether oxygens (including phenoxy) is 1. The average molecular weight is 408 g/mol. The highest BCUT2D eigenvalue weighted by atomic mass is 35.5. The van der Waals surface area contributed by atoms with Crippen LogP contribution in [-0.2, 0) is 10.0 Å². The summed E-state index contributed by atoms with van der Waals surface area (Å²) in [5, 5.41) is 8.34. The zero-order valence-electron chi connectivity index (χ0n) is 14.8. The molecular weight excluding hydrogens is 390 g/mol. The highest BCUT2D eigenvalue weighted by molar-refractivity contribution is 7.89. The highest BCUT2D eigenvalue weighted by Gasteiger charge is 2.19. The van der Waals surface area contributed by atoms with Crippen LogP contribution in [0.25, 0.3) is 22.9 Å². The minimum atomic E-state index is -3.64. The summed E-state index contributed by atoms with van der Waals surface area (Å²) in [5.74, 6) is 1.14. The van der Waals surface area contributed by atoms with Crippen molar-refractivity contribution in [2.45, 2.75) is 18.2 Å². The van der Waals surface area contributed by atoms with Crippen molar-refractivity contribution in [1.29, 1.82) is 0 Å². The maximum Gasteiger partial charge on any atom is 0.249 e. The van der Waals surface area contributed by atoms with Crippen molar-refractivity contribution in [3.8, 4) is 28.7 Å². The van der Waals surface area contributed by atoms with Crippen molar-refractivity contribution in [2.24, 2.45) is 0 Å². The monoisotopic (exact) mass is 407 g/mol. The van der Waals surface area contributed by atoms with E-state index < -0.39 is 10.0 Å². The number of aromatic nitrogens is 2. The van der Waals surface area contributed by atoms with Gasteiger partial charge >= 0.3 is 0 Å². The number of halogens is 1. The molecule has 142 valence electrons. The second-order valence-corrected chi connectivity index (χ2v) is 7.85. The maximum atomic E-state index is 12.3. The van der Waals surface area contributed by atoms with Gasteiger partial charge in [0.05, 0.1) is 22.6 Å². The van der Waals surface area contributed by atoms with Crippen LogP contribution >= 0.6 is 11.6 Å². The van der Waals surface area contributed by atoms with Crippen molar-refractivity contribution in [1.82, 2.24) is 14.9 Å². The van der Waals surface area contributed by atoms with E-state index >= 15 is 0 Å². The Morgan fingerprint density at radius 1 is 1.11 bits per heavy atom. The molecule has 0 unspecified atom stereocenters. The molecule has 0 spiro atoms. The van der Waals surface area contributed by atoms with E-state index in [4.69, 9.17) is 20.8 Å². The molecule has 2 aromatic carbocycles. The minimum Gasteiger partial charge on any atom is -0.497 e. The number of nitrogens with one attached hydrogen (secondary N) is 1. The van der Waals surface area contributed by atoms with Crippen LogP contribution in [0.5, 0.6) is 5.75 Å². The summed E-state index contributed by atoms with van der Waals surface area (Å²) < 4.78 is 38.0. The van der Waals surface area contributed by atoms with Gasteiger partial charge in [0.15, 0.2) is 0 Å². The molecule has 1 aromatic heterocycles. The van der Waals surface area contributed by atoms with Gasteiger partial charge in [0, 0.05) is 12.1 Å². The number of nitrogens with zero attached hydrogens (tertiary/aromatic N) is 2. The number of rotatable bonds is 7.